The highest BCUT2D eigenvalue weighted by Gasteiger charge is 2.19. The molecular weight excluding hydrogens is 312 g/mol. The Hall–Kier alpha value is -1.95. The lowest BCUT2D eigenvalue weighted by Gasteiger charge is -2.09. The van der Waals surface area contributed by atoms with Crippen molar-refractivity contribution in [3.05, 3.63) is 38.8 Å². The lowest BCUT2D eigenvalue weighted by Crippen LogP contribution is -2.14. The topological polar surface area (TPSA) is 72.0 Å². The first kappa shape index (κ1) is 15.9. The van der Waals surface area contributed by atoms with Crippen LogP contribution in [0.15, 0.2) is 16.9 Å². The Morgan fingerprint density at radius 2 is 2.17 bits per heavy atom. The van der Waals surface area contributed by atoms with Crippen LogP contribution in [0.1, 0.15) is 42.5 Å². The highest BCUT2D eigenvalue weighted by molar-refractivity contribution is 7.18. The number of aromatic amines is 1. The van der Waals surface area contributed by atoms with Crippen molar-refractivity contribution in [3.8, 4) is 0 Å². The normalized spacial score (nSPS) is 13.8. The summed E-state index contributed by atoms with van der Waals surface area (Å²) in [6, 6.07) is 0. The van der Waals surface area contributed by atoms with Gasteiger partial charge < -0.3 is 9.72 Å². The molecule has 3 rings (SSSR count). The Balaban J connectivity index is 1.76. The number of ether oxygens (including phenoxy) is 1. The lowest BCUT2D eigenvalue weighted by atomic mass is 9.97. The van der Waals surface area contributed by atoms with Gasteiger partial charge in [-0.25, -0.2) is 4.98 Å². The Labute approximate surface area is 138 Å². The Bertz CT molecular complexity index is 819. The summed E-state index contributed by atoms with van der Waals surface area (Å²) in [5.41, 5.74) is 1.90. The van der Waals surface area contributed by atoms with Gasteiger partial charge >= 0.3 is 5.97 Å². The van der Waals surface area contributed by atoms with Crippen LogP contribution in [0.3, 0.4) is 0 Å². The number of fused-ring (bicyclic) bond motifs is 3. The zero-order valence-electron chi connectivity index (χ0n) is 13.2. The Morgan fingerprint density at radius 1 is 1.39 bits per heavy atom. The summed E-state index contributed by atoms with van der Waals surface area (Å²) in [7, 11) is 0. The molecule has 0 spiro atoms. The summed E-state index contributed by atoms with van der Waals surface area (Å²) in [5, 5.41) is 0.748. The van der Waals surface area contributed by atoms with E-state index in [4.69, 9.17) is 4.74 Å². The van der Waals surface area contributed by atoms with Gasteiger partial charge in [-0.05, 0) is 43.7 Å². The third-order valence-corrected chi connectivity index (χ3v) is 5.11. The third-order valence-electron chi connectivity index (χ3n) is 3.92. The maximum atomic E-state index is 12.4. The summed E-state index contributed by atoms with van der Waals surface area (Å²) in [6.45, 7) is 5.73. The van der Waals surface area contributed by atoms with Crippen molar-refractivity contribution >= 4 is 27.5 Å². The quantitative estimate of drug-likeness (QED) is 0.675. The Morgan fingerprint density at radius 3 is 2.96 bits per heavy atom. The number of aromatic nitrogens is 2. The minimum absolute atomic E-state index is 0.0836. The summed E-state index contributed by atoms with van der Waals surface area (Å²) in [6.07, 6.45) is 4.90. The van der Waals surface area contributed by atoms with E-state index < -0.39 is 0 Å². The molecule has 0 saturated carbocycles. The number of hydrogen-bond acceptors (Lipinski definition) is 5. The predicted octanol–water partition coefficient (Wildman–Crippen LogP) is 2.92. The number of H-pyrrole nitrogens is 1. The Kier molecular flexibility index (Phi) is 4.61. The largest absolute Gasteiger partial charge is 0.461 e. The molecular formula is C17H20N2O3S. The van der Waals surface area contributed by atoms with E-state index in [0.717, 1.165) is 35.1 Å². The molecule has 2 heterocycles. The van der Waals surface area contributed by atoms with Gasteiger partial charge in [-0.15, -0.1) is 11.3 Å². The van der Waals surface area contributed by atoms with Crippen LogP contribution in [0.4, 0.5) is 0 Å². The van der Waals surface area contributed by atoms with Gasteiger partial charge in [0.1, 0.15) is 17.3 Å². The highest BCUT2D eigenvalue weighted by Crippen LogP contribution is 2.33. The molecule has 0 atom stereocenters. The number of rotatable bonds is 5. The summed E-state index contributed by atoms with van der Waals surface area (Å²) < 4.78 is 5.05. The first-order valence-electron chi connectivity index (χ1n) is 7.88. The van der Waals surface area contributed by atoms with E-state index in [1.54, 1.807) is 18.3 Å². The van der Waals surface area contributed by atoms with E-state index in [9.17, 15) is 9.59 Å². The fraction of sp³-hybridized carbons (Fsp3) is 0.471. The molecule has 0 aliphatic heterocycles. The molecule has 1 aliphatic rings. The van der Waals surface area contributed by atoms with Gasteiger partial charge in [0.25, 0.3) is 5.56 Å². The first-order valence-corrected chi connectivity index (χ1v) is 8.69. The smallest absolute Gasteiger partial charge is 0.306 e. The molecule has 0 amide bonds. The van der Waals surface area contributed by atoms with Gasteiger partial charge in [-0.1, -0.05) is 6.58 Å². The molecule has 6 heteroatoms. The SMILES string of the molecule is C=C(C)COC(=O)CCc1nc2sc3c(c2c(=O)[nH]1)CCCC3. The maximum absolute atomic E-state index is 12.4. The van der Waals surface area contributed by atoms with Gasteiger partial charge in [0.05, 0.1) is 11.8 Å². The van der Waals surface area contributed by atoms with Crippen LogP contribution < -0.4 is 5.56 Å². The number of aryl methyl sites for hydroxylation is 3. The fourth-order valence-corrected chi connectivity index (χ4v) is 4.10. The zero-order valence-corrected chi connectivity index (χ0v) is 14.1. The second-order valence-electron chi connectivity index (χ2n) is 6.02. The van der Waals surface area contributed by atoms with Gasteiger partial charge in [-0.2, -0.15) is 0 Å². The lowest BCUT2D eigenvalue weighted by molar-refractivity contribution is -0.142. The van der Waals surface area contributed by atoms with Crippen LogP contribution in [-0.4, -0.2) is 22.5 Å². The van der Waals surface area contributed by atoms with Crippen LogP contribution in [0.25, 0.3) is 10.2 Å². The van der Waals surface area contributed by atoms with Crippen LogP contribution in [0, 0.1) is 0 Å². The summed E-state index contributed by atoms with van der Waals surface area (Å²) in [5.74, 6) is 0.245. The molecule has 0 fully saturated rings. The van der Waals surface area contributed by atoms with Crippen molar-refractivity contribution in [1.82, 2.24) is 9.97 Å². The van der Waals surface area contributed by atoms with Gasteiger partial charge in [-0.3, -0.25) is 9.59 Å². The van der Waals surface area contributed by atoms with Crippen molar-refractivity contribution in [2.75, 3.05) is 6.61 Å². The molecule has 1 N–H and O–H groups in total. The number of hydrogen-bond donors (Lipinski definition) is 1. The number of nitrogens with zero attached hydrogens (tertiary/aromatic N) is 1. The van der Waals surface area contributed by atoms with Gasteiger partial charge in [0.15, 0.2) is 0 Å². The molecule has 122 valence electrons. The third kappa shape index (κ3) is 3.52. The number of nitrogens with one attached hydrogen (secondary N) is 1. The molecule has 0 aromatic carbocycles. The molecule has 2 aromatic rings. The van der Waals surface area contributed by atoms with Crippen molar-refractivity contribution in [1.29, 1.82) is 0 Å². The average Bonchev–Trinajstić information content (AvgIpc) is 2.89. The summed E-state index contributed by atoms with van der Waals surface area (Å²) >= 11 is 1.62. The van der Waals surface area contributed by atoms with E-state index in [1.165, 1.54) is 16.9 Å². The van der Waals surface area contributed by atoms with E-state index in [1.807, 2.05) is 0 Å². The molecule has 0 unspecified atom stereocenters. The van der Waals surface area contributed by atoms with Crippen LogP contribution >= 0.6 is 11.3 Å². The van der Waals surface area contributed by atoms with E-state index >= 15 is 0 Å². The second kappa shape index (κ2) is 6.66. The van der Waals surface area contributed by atoms with Gasteiger partial charge in [0, 0.05) is 11.3 Å². The van der Waals surface area contributed by atoms with Crippen molar-refractivity contribution in [2.45, 2.75) is 45.4 Å². The molecule has 23 heavy (non-hydrogen) atoms. The zero-order chi connectivity index (χ0) is 16.4. The van der Waals surface area contributed by atoms with E-state index in [-0.39, 0.29) is 24.6 Å². The number of thiophene rings is 1. The van der Waals surface area contributed by atoms with Crippen molar-refractivity contribution < 1.29 is 9.53 Å². The van der Waals surface area contributed by atoms with Crippen molar-refractivity contribution in [2.24, 2.45) is 0 Å². The minimum atomic E-state index is -0.304. The minimum Gasteiger partial charge on any atom is -0.461 e. The number of esters is 1. The average molecular weight is 332 g/mol. The molecule has 0 saturated heterocycles. The first-order chi connectivity index (χ1) is 11.0. The van der Waals surface area contributed by atoms with Gasteiger partial charge in [0.2, 0.25) is 0 Å². The molecule has 0 bridgehead atoms. The van der Waals surface area contributed by atoms with Crippen LogP contribution in [-0.2, 0) is 28.8 Å². The standard InChI is InChI=1S/C17H20N2O3S/c1-10(2)9-22-14(20)8-7-13-18-16(21)15-11-5-3-4-6-12(11)23-17(15)19-13/h1,3-9H2,2H3,(H,18,19,21). The maximum Gasteiger partial charge on any atom is 0.306 e. The number of carbonyl (C=O) groups is 1. The monoisotopic (exact) mass is 332 g/mol. The molecule has 0 radical (unpaired) electrons. The highest BCUT2D eigenvalue weighted by atomic mass is 32.1. The van der Waals surface area contributed by atoms with Crippen LogP contribution in [0.5, 0.6) is 0 Å². The van der Waals surface area contributed by atoms with E-state index in [0.29, 0.717) is 12.2 Å². The van der Waals surface area contributed by atoms with E-state index in [2.05, 4.69) is 16.5 Å². The number of carbonyl (C=O) groups excluding carboxylic acids is 1. The fourth-order valence-electron chi connectivity index (χ4n) is 2.82. The molecule has 1 aliphatic carbocycles. The molecule has 2 aromatic heterocycles. The summed E-state index contributed by atoms with van der Waals surface area (Å²) in [4.78, 5) is 33.5. The van der Waals surface area contributed by atoms with Crippen LogP contribution in [0.2, 0.25) is 0 Å². The predicted molar refractivity (Wildman–Crippen MR) is 91.0 cm³/mol. The molecule has 5 nitrogen and oxygen atoms in total. The van der Waals surface area contributed by atoms with Crippen molar-refractivity contribution in [3.63, 3.8) is 0 Å². The second-order valence-corrected chi connectivity index (χ2v) is 7.11.